The standard InChI is InChI=1S/C16H22O2/c1-15(2,3)12-6-8-13(9-7-12)16(11-17)10-4-5-14(16)18/h6-9,11,14,18H,4-5,10H2,1-3H3/t14-,16-/m1/s1. The van der Waals surface area contributed by atoms with Gasteiger partial charge < -0.3 is 9.90 Å². The predicted octanol–water partition coefficient (Wildman–Crippen LogP) is 2.97. The van der Waals surface area contributed by atoms with Crippen LogP contribution in [0.3, 0.4) is 0 Å². The average molecular weight is 246 g/mol. The van der Waals surface area contributed by atoms with Gasteiger partial charge in [-0.25, -0.2) is 0 Å². The maximum atomic E-state index is 11.5. The zero-order chi connectivity index (χ0) is 13.4. The third kappa shape index (κ3) is 2.10. The van der Waals surface area contributed by atoms with Crippen molar-refractivity contribution in [3.63, 3.8) is 0 Å². The normalized spacial score (nSPS) is 28.3. The van der Waals surface area contributed by atoms with Crippen molar-refractivity contribution >= 4 is 6.29 Å². The Morgan fingerprint density at radius 2 is 1.89 bits per heavy atom. The number of benzene rings is 1. The van der Waals surface area contributed by atoms with E-state index in [9.17, 15) is 9.90 Å². The highest BCUT2D eigenvalue weighted by Gasteiger charge is 2.43. The molecule has 0 aliphatic heterocycles. The van der Waals surface area contributed by atoms with E-state index in [0.29, 0.717) is 0 Å². The summed E-state index contributed by atoms with van der Waals surface area (Å²) in [6, 6.07) is 8.16. The first-order chi connectivity index (χ1) is 8.40. The maximum Gasteiger partial charge on any atom is 0.133 e. The molecule has 1 saturated carbocycles. The lowest BCUT2D eigenvalue weighted by molar-refractivity contribution is -0.115. The summed E-state index contributed by atoms with van der Waals surface area (Å²) in [5.74, 6) is 0. The van der Waals surface area contributed by atoms with E-state index >= 15 is 0 Å². The minimum Gasteiger partial charge on any atom is -0.392 e. The molecule has 1 N–H and O–H groups in total. The van der Waals surface area contributed by atoms with Crippen LogP contribution < -0.4 is 0 Å². The lowest BCUT2D eigenvalue weighted by atomic mass is 9.77. The van der Waals surface area contributed by atoms with E-state index in [-0.39, 0.29) is 5.41 Å². The largest absolute Gasteiger partial charge is 0.392 e. The van der Waals surface area contributed by atoms with E-state index in [0.717, 1.165) is 31.1 Å². The van der Waals surface area contributed by atoms with Gasteiger partial charge in [-0.3, -0.25) is 0 Å². The molecule has 1 aliphatic carbocycles. The molecular formula is C16H22O2. The van der Waals surface area contributed by atoms with Gasteiger partial charge in [0.15, 0.2) is 0 Å². The van der Waals surface area contributed by atoms with Crippen LogP contribution in [0.15, 0.2) is 24.3 Å². The fourth-order valence-corrected chi connectivity index (χ4v) is 2.83. The first-order valence-corrected chi connectivity index (χ1v) is 6.65. The van der Waals surface area contributed by atoms with Crippen LogP contribution >= 0.6 is 0 Å². The highest BCUT2D eigenvalue weighted by atomic mass is 16.3. The van der Waals surface area contributed by atoms with Crippen molar-refractivity contribution in [2.24, 2.45) is 0 Å². The van der Waals surface area contributed by atoms with E-state index in [2.05, 4.69) is 32.9 Å². The first kappa shape index (κ1) is 13.3. The Kier molecular flexibility index (Phi) is 3.33. The second-order valence-electron chi connectivity index (χ2n) is 6.39. The average Bonchev–Trinajstić information content (AvgIpc) is 2.71. The zero-order valence-corrected chi connectivity index (χ0v) is 11.4. The Labute approximate surface area is 109 Å². The molecule has 0 unspecified atom stereocenters. The second kappa shape index (κ2) is 4.51. The minimum absolute atomic E-state index is 0.112. The van der Waals surface area contributed by atoms with Crippen LogP contribution in [0.4, 0.5) is 0 Å². The van der Waals surface area contributed by atoms with Gasteiger partial charge in [0.25, 0.3) is 0 Å². The van der Waals surface area contributed by atoms with E-state index in [1.807, 2.05) is 12.1 Å². The monoisotopic (exact) mass is 246 g/mol. The van der Waals surface area contributed by atoms with E-state index in [1.165, 1.54) is 5.56 Å². The second-order valence-corrected chi connectivity index (χ2v) is 6.39. The summed E-state index contributed by atoms with van der Waals surface area (Å²) in [5, 5.41) is 10.1. The van der Waals surface area contributed by atoms with Crippen LogP contribution in [0, 0.1) is 0 Å². The molecule has 0 amide bonds. The van der Waals surface area contributed by atoms with Gasteiger partial charge in [-0.05, 0) is 35.8 Å². The SMILES string of the molecule is CC(C)(C)c1ccc([C@]2(C=O)CCC[C@H]2O)cc1. The molecule has 2 rings (SSSR count). The zero-order valence-electron chi connectivity index (χ0n) is 11.4. The summed E-state index contributed by atoms with van der Waals surface area (Å²) in [6.45, 7) is 6.51. The number of aliphatic hydroxyl groups is 1. The summed E-state index contributed by atoms with van der Waals surface area (Å²) in [7, 11) is 0. The summed E-state index contributed by atoms with van der Waals surface area (Å²) in [4.78, 5) is 11.5. The molecule has 2 atom stereocenters. The lowest BCUT2D eigenvalue weighted by Gasteiger charge is -2.28. The molecule has 0 bridgehead atoms. The first-order valence-electron chi connectivity index (χ1n) is 6.65. The molecule has 1 aromatic rings. The van der Waals surface area contributed by atoms with E-state index in [1.54, 1.807) is 0 Å². The molecule has 98 valence electrons. The molecule has 2 heteroatoms. The molecule has 1 aromatic carbocycles. The predicted molar refractivity (Wildman–Crippen MR) is 72.7 cm³/mol. The van der Waals surface area contributed by atoms with Gasteiger partial charge in [0, 0.05) is 0 Å². The van der Waals surface area contributed by atoms with Crippen molar-refractivity contribution in [3.8, 4) is 0 Å². The number of carbonyl (C=O) groups excluding carboxylic acids is 1. The molecular weight excluding hydrogens is 224 g/mol. The van der Waals surface area contributed by atoms with Crippen LogP contribution in [0.2, 0.25) is 0 Å². The van der Waals surface area contributed by atoms with Crippen molar-refractivity contribution in [3.05, 3.63) is 35.4 Å². The van der Waals surface area contributed by atoms with Gasteiger partial charge >= 0.3 is 0 Å². The Balaban J connectivity index is 2.37. The van der Waals surface area contributed by atoms with Gasteiger partial charge in [0.2, 0.25) is 0 Å². The molecule has 0 spiro atoms. The van der Waals surface area contributed by atoms with Gasteiger partial charge in [-0.15, -0.1) is 0 Å². The van der Waals surface area contributed by atoms with Crippen LogP contribution in [-0.2, 0) is 15.6 Å². The highest BCUT2D eigenvalue weighted by Crippen LogP contribution is 2.40. The van der Waals surface area contributed by atoms with E-state index < -0.39 is 11.5 Å². The molecule has 1 fully saturated rings. The Morgan fingerprint density at radius 3 is 2.28 bits per heavy atom. The number of aldehydes is 1. The number of rotatable bonds is 2. The van der Waals surface area contributed by atoms with Gasteiger partial charge in [0.05, 0.1) is 11.5 Å². The third-order valence-corrected chi connectivity index (χ3v) is 4.16. The molecule has 1 aliphatic rings. The van der Waals surface area contributed by atoms with Crippen LogP contribution in [0.1, 0.15) is 51.2 Å². The number of carbonyl (C=O) groups is 1. The van der Waals surface area contributed by atoms with Crippen LogP contribution in [0.5, 0.6) is 0 Å². The molecule has 0 aromatic heterocycles. The molecule has 2 nitrogen and oxygen atoms in total. The smallest absolute Gasteiger partial charge is 0.133 e. The van der Waals surface area contributed by atoms with Crippen molar-refractivity contribution in [2.75, 3.05) is 0 Å². The molecule has 0 heterocycles. The van der Waals surface area contributed by atoms with Crippen molar-refractivity contribution in [1.29, 1.82) is 0 Å². The van der Waals surface area contributed by atoms with Gasteiger partial charge in [0.1, 0.15) is 6.29 Å². The van der Waals surface area contributed by atoms with Crippen LogP contribution in [0.25, 0.3) is 0 Å². The topological polar surface area (TPSA) is 37.3 Å². The van der Waals surface area contributed by atoms with Gasteiger partial charge in [-0.1, -0.05) is 45.0 Å². The number of aliphatic hydroxyl groups excluding tert-OH is 1. The Hall–Kier alpha value is -1.15. The molecule has 18 heavy (non-hydrogen) atoms. The summed E-state index contributed by atoms with van der Waals surface area (Å²) >= 11 is 0. The van der Waals surface area contributed by atoms with Crippen LogP contribution in [-0.4, -0.2) is 17.5 Å². The van der Waals surface area contributed by atoms with Crippen molar-refractivity contribution < 1.29 is 9.90 Å². The molecule has 0 saturated heterocycles. The summed E-state index contributed by atoms with van der Waals surface area (Å²) < 4.78 is 0. The van der Waals surface area contributed by atoms with Gasteiger partial charge in [-0.2, -0.15) is 0 Å². The van der Waals surface area contributed by atoms with Crippen molar-refractivity contribution in [2.45, 2.75) is 57.0 Å². The third-order valence-electron chi connectivity index (χ3n) is 4.16. The fraction of sp³-hybridized carbons (Fsp3) is 0.562. The number of hydrogen-bond donors (Lipinski definition) is 1. The lowest BCUT2D eigenvalue weighted by Crippen LogP contribution is -2.36. The highest BCUT2D eigenvalue weighted by molar-refractivity contribution is 5.70. The summed E-state index contributed by atoms with van der Waals surface area (Å²) in [6.07, 6.45) is 2.81. The summed E-state index contributed by atoms with van der Waals surface area (Å²) in [5.41, 5.74) is 1.65. The molecule has 0 radical (unpaired) electrons. The van der Waals surface area contributed by atoms with E-state index in [4.69, 9.17) is 0 Å². The number of hydrogen-bond acceptors (Lipinski definition) is 2. The Bertz CT molecular complexity index is 427. The maximum absolute atomic E-state index is 11.5. The Morgan fingerprint density at radius 1 is 1.28 bits per heavy atom. The quantitative estimate of drug-likeness (QED) is 0.815. The minimum atomic E-state index is -0.670. The van der Waals surface area contributed by atoms with Crippen molar-refractivity contribution in [1.82, 2.24) is 0 Å². The fourth-order valence-electron chi connectivity index (χ4n) is 2.83.